The normalized spacial score (nSPS) is 11.6. The van der Waals surface area contributed by atoms with Gasteiger partial charge in [0, 0.05) is 24.2 Å². The van der Waals surface area contributed by atoms with Gasteiger partial charge in [0.1, 0.15) is 5.70 Å². The lowest BCUT2D eigenvalue weighted by atomic mass is 9.87. The van der Waals surface area contributed by atoms with Crippen LogP contribution in [0.2, 0.25) is 0 Å². The van der Waals surface area contributed by atoms with Gasteiger partial charge in [0.25, 0.3) is 17.5 Å². The maximum atomic E-state index is 13.0. The summed E-state index contributed by atoms with van der Waals surface area (Å²) in [5.41, 5.74) is 2.62. The van der Waals surface area contributed by atoms with Crippen LogP contribution < -0.4 is 10.6 Å². The van der Waals surface area contributed by atoms with Gasteiger partial charge in [-0.3, -0.25) is 19.7 Å². The summed E-state index contributed by atoms with van der Waals surface area (Å²) >= 11 is 0. The molecular weight excluding hydrogens is 430 g/mol. The van der Waals surface area contributed by atoms with Crippen LogP contribution in [-0.2, 0) is 16.8 Å². The quantitative estimate of drug-likeness (QED) is 0.297. The zero-order valence-electron chi connectivity index (χ0n) is 19.4. The summed E-state index contributed by atoms with van der Waals surface area (Å²) in [6.45, 7) is 6.51. The summed E-state index contributed by atoms with van der Waals surface area (Å²) in [4.78, 5) is 36.5. The molecule has 3 rings (SSSR count). The molecule has 0 saturated heterocycles. The molecule has 0 saturated carbocycles. The van der Waals surface area contributed by atoms with Crippen LogP contribution in [0.25, 0.3) is 6.08 Å². The number of carbonyl (C=O) groups excluding carboxylic acids is 2. The highest BCUT2D eigenvalue weighted by Gasteiger charge is 2.17. The molecule has 0 fully saturated rings. The van der Waals surface area contributed by atoms with Crippen molar-refractivity contribution in [3.63, 3.8) is 0 Å². The maximum absolute atomic E-state index is 13.0. The van der Waals surface area contributed by atoms with Gasteiger partial charge in [-0.15, -0.1) is 0 Å². The lowest BCUT2D eigenvalue weighted by molar-refractivity contribution is -0.384. The van der Waals surface area contributed by atoms with Gasteiger partial charge in [-0.1, -0.05) is 75.4 Å². The molecule has 7 heteroatoms. The second kappa shape index (κ2) is 10.6. The SMILES string of the molecule is CC(C)(C)c1ccc(C(=O)NC(=Cc2cccc([N+](=O)[O-])c2)C(=O)NCc2ccccc2)cc1. The Labute approximate surface area is 198 Å². The Morgan fingerprint density at radius 3 is 2.24 bits per heavy atom. The van der Waals surface area contributed by atoms with E-state index in [4.69, 9.17) is 0 Å². The number of rotatable bonds is 7. The van der Waals surface area contributed by atoms with E-state index in [1.807, 2.05) is 42.5 Å². The van der Waals surface area contributed by atoms with E-state index in [1.165, 1.54) is 24.3 Å². The van der Waals surface area contributed by atoms with Crippen LogP contribution in [0.15, 0.2) is 84.6 Å². The van der Waals surface area contributed by atoms with Gasteiger partial charge in [-0.05, 0) is 40.3 Å². The van der Waals surface area contributed by atoms with Crippen LogP contribution in [-0.4, -0.2) is 16.7 Å². The Kier molecular flexibility index (Phi) is 7.58. The Morgan fingerprint density at radius 1 is 0.941 bits per heavy atom. The number of nitrogens with one attached hydrogen (secondary N) is 2. The zero-order chi connectivity index (χ0) is 24.7. The van der Waals surface area contributed by atoms with E-state index < -0.39 is 16.7 Å². The number of nitro benzene ring substituents is 1. The van der Waals surface area contributed by atoms with Crippen molar-refractivity contribution in [2.24, 2.45) is 0 Å². The second-order valence-corrected chi connectivity index (χ2v) is 8.86. The second-order valence-electron chi connectivity index (χ2n) is 8.86. The predicted molar refractivity (Wildman–Crippen MR) is 132 cm³/mol. The highest BCUT2D eigenvalue weighted by Crippen LogP contribution is 2.22. The molecule has 7 nitrogen and oxygen atoms in total. The first kappa shape index (κ1) is 24.4. The Hall–Kier alpha value is -4.26. The molecule has 0 aliphatic carbocycles. The molecule has 0 aliphatic rings. The maximum Gasteiger partial charge on any atom is 0.270 e. The Bertz CT molecular complexity index is 1210. The topological polar surface area (TPSA) is 101 Å². The number of non-ortho nitro benzene ring substituents is 1. The van der Waals surface area contributed by atoms with Gasteiger partial charge in [-0.25, -0.2) is 0 Å². The highest BCUT2D eigenvalue weighted by atomic mass is 16.6. The fourth-order valence-corrected chi connectivity index (χ4v) is 3.24. The number of carbonyl (C=O) groups is 2. The van der Waals surface area contributed by atoms with Crippen molar-refractivity contribution in [2.75, 3.05) is 0 Å². The minimum atomic E-state index is -0.512. The lowest BCUT2D eigenvalue weighted by Gasteiger charge is -2.19. The van der Waals surface area contributed by atoms with Crippen LogP contribution in [0, 0.1) is 10.1 Å². The summed E-state index contributed by atoms with van der Waals surface area (Å²) in [5.74, 6) is -0.956. The van der Waals surface area contributed by atoms with Crippen molar-refractivity contribution >= 4 is 23.6 Å². The van der Waals surface area contributed by atoms with Gasteiger partial charge >= 0.3 is 0 Å². The number of hydrogen-bond donors (Lipinski definition) is 2. The fraction of sp³-hybridized carbons (Fsp3) is 0.185. The summed E-state index contributed by atoms with van der Waals surface area (Å²) in [6, 6.07) is 22.4. The van der Waals surface area contributed by atoms with Gasteiger partial charge in [0.15, 0.2) is 0 Å². The average molecular weight is 458 g/mol. The molecule has 3 aromatic carbocycles. The fourth-order valence-electron chi connectivity index (χ4n) is 3.24. The average Bonchev–Trinajstić information content (AvgIpc) is 2.82. The minimum absolute atomic E-state index is 0.0127. The molecule has 2 N–H and O–H groups in total. The smallest absolute Gasteiger partial charge is 0.270 e. The van der Waals surface area contributed by atoms with E-state index in [0.29, 0.717) is 11.1 Å². The first-order valence-corrected chi connectivity index (χ1v) is 10.8. The summed E-state index contributed by atoms with van der Waals surface area (Å²) < 4.78 is 0. The van der Waals surface area contributed by atoms with Gasteiger partial charge < -0.3 is 10.6 Å². The van der Waals surface area contributed by atoms with Crippen LogP contribution in [0.5, 0.6) is 0 Å². The molecule has 34 heavy (non-hydrogen) atoms. The summed E-state index contributed by atoms with van der Waals surface area (Å²) in [6.07, 6.45) is 1.43. The van der Waals surface area contributed by atoms with E-state index in [9.17, 15) is 19.7 Å². The predicted octanol–water partition coefficient (Wildman–Crippen LogP) is 4.98. The molecule has 2 amide bonds. The molecule has 174 valence electrons. The molecule has 0 unspecified atom stereocenters. The molecule has 0 heterocycles. The number of benzene rings is 3. The Balaban J connectivity index is 1.86. The molecule has 0 aliphatic heterocycles. The highest BCUT2D eigenvalue weighted by molar-refractivity contribution is 6.05. The van der Waals surface area contributed by atoms with Crippen molar-refractivity contribution in [2.45, 2.75) is 32.7 Å². The van der Waals surface area contributed by atoms with Crippen LogP contribution in [0.1, 0.15) is 47.8 Å². The molecule has 0 spiro atoms. The Morgan fingerprint density at radius 2 is 1.62 bits per heavy atom. The first-order valence-electron chi connectivity index (χ1n) is 10.8. The number of amides is 2. The van der Waals surface area contributed by atoms with Crippen molar-refractivity contribution in [1.82, 2.24) is 10.6 Å². The monoisotopic (exact) mass is 457 g/mol. The lowest BCUT2D eigenvalue weighted by Crippen LogP contribution is -2.34. The summed E-state index contributed by atoms with van der Waals surface area (Å²) in [5, 5.41) is 16.6. The van der Waals surface area contributed by atoms with Crippen molar-refractivity contribution in [3.05, 3.63) is 117 Å². The van der Waals surface area contributed by atoms with E-state index in [-0.39, 0.29) is 23.3 Å². The van der Waals surface area contributed by atoms with Crippen LogP contribution >= 0.6 is 0 Å². The van der Waals surface area contributed by atoms with Gasteiger partial charge in [0.05, 0.1) is 4.92 Å². The third kappa shape index (κ3) is 6.62. The van der Waals surface area contributed by atoms with E-state index >= 15 is 0 Å². The molecule has 0 bridgehead atoms. The molecule has 0 radical (unpaired) electrons. The van der Waals surface area contributed by atoms with Crippen molar-refractivity contribution in [1.29, 1.82) is 0 Å². The zero-order valence-corrected chi connectivity index (χ0v) is 19.4. The minimum Gasteiger partial charge on any atom is -0.347 e. The van der Waals surface area contributed by atoms with Crippen LogP contribution in [0.3, 0.4) is 0 Å². The van der Waals surface area contributed by atoms with Gasteiger partial charge in [0.2, 0.25) is 0 Å². The third-order valence-electron chi connectivity index (χ3n) is 5.19. The largest absolute Gasteiger partial charge is 0.347 e. The van der Waals surface area contributed by atoms with Gasteiger partial charge in [-0.2, -0.15) is 0 Å². The molecule has 0 aromatic heterocycles. The van der Waals surface area contributed by atoms with E-state index in [2.05, 4.69) is 31.4 Å². The number of nitrogens with zero attached hydrogens (tertiary/aromatic N) is 1. The number of hydrogen-bond acceptors (Lipinski definition) is 4. The molecular formula is C27H27N3O4. The third-order valence-corrected chi connectivity index (χ3v) is 5.19. The molecule has 3 aromatic rings. The summed E-state index contributed by atoms with van der Waals surface area (Å²) in [7, 11) is 0. The standard InChI is InChI=1S/C27H27N3O4/c1-27(2,3)22-14-12-21(13-15-22)25(31)29-24(17-20-10-7-11-23(16-20)30(33)34)26(32)28-18-19-8-5-4-6-9-19/h4-17H,18H2,1-3H3,(H,28,32)(H,29,31). The van der Waals surface area contributed by atoms with E-state index in [1.54, 1.807) is 18.2 Å². The first-order chi connectivity index (χ1) is 16.1. The van der Waals surface area contributed by atoms with E-state index in [0.717, 1.165) is 11.1 Å². The van der Waals surface area contributed by atoms with Crippen molar-refractivity contribution < 1.29 is 14.5 Å². The van der Waals surface area contributed by atoms with Crippen molar-refractivity contribution in [3.8, 4) is 0 Å². The van der Waals surface area contributed by atoms with Crippen LogP contribution in [0.4, 0.5) is 5.69 Å². The molecule has 0 atom stereocenters. The number of nitro groups is 1.